The molecule has 2 aromatic carbocycles. The van der Waals surface area contributed by atoms with Crippen molar-refractivity contribution in [1.29, 1.82) is 0 Å². The van der Waals surface area contributed by atoms with Crippen molar-refractivity contribution in [1.82, 2.24) is 5.32 Å². The number of carbonyl (C=O) groups is 2. The van der Waals surface area contributed by atoms with Crippen molar-refractivity contribution in [3.63, 3.8) is 0 Å². The summed E-state index contributed by atoms with van der Waals surface area (Å²) in [5.41, 5.74) is 1.51. The summed E-state index contributed by atoms with van der Waals surface area (Å²) in [6.07, 6.45) is 3.57. The lowest BCUT2D eigenvalue weighted by Gasteiger charge is -2.17. The lowest BCUT2D eigenvalue weighted by atomic mass is 10.1. The normalized spacial score (nSPS) is 18.5. The molecule has 0 saturated carbocycles. The number of hydrogen-bond donors (Lipinski definition) is 1. The third kappa shape index (κ3) is 3.40. The minimum atomic E-state index is -0.581. The van der Waals surface area contributed by atoms with Crippen LogP contribution in [-0.2, 0) is 4.79 Å². The Balaban J connectivity index is 1.60. The first-order valence-corrected chi connectivity index (χ1v) is 9.08. The van der Waals surface area contributed by atoms with Gasteiger partial charge < -0.3 is 10.2 Å². The van der Waals surface area contributed by atoms with Crippen molar-refractivity contribution in [2.24, 2.45) is 0 Å². The van der Waals surface area contributed by atoms with Crippen molar-refractivity contribution in [3.8, 4) is 0 Å². The number of nitrogens with zero attached hydrogens (tertiary/aromatic N) is 2. The fourth-order valence-corrected chi connectivity index (χ4v) is 3.45. The third-order valence-corrected chi connectivity index (χ3v) is 4.97. The van der Waals surface area contributed by atoms with Gasteiger partial charge in [0.25, 0.3) is 5.91 Å². The van der Waals surface area contributed by atoms with E-state index in [4.69, 9.17) is 11.6 Å². The number of hydrogen-bond acceptors (Lipinski definition) is 3. The zero-order valence-electron chi connectivity index (χ0n) is 14.4. The molecule has 0 unspecified atom stereocenters. The monoisotopic (exact) mass is 385 g/mol. The van der Waals surface area contributed by atoms with Crippen LogP contribution in [0.4, 0.5) is 20.6 Å². The molecule has 0 spiro atoms. The van der Waals surface area contributed by atoms with Crippen molar-refractivity contribution in [2.45, 2.75) is 12.8 Å². The van der Waals surface area contributed by atoms with Crippen LogP contribution in [-0.4, -0.2) is 25.0 Å². The molecular weight excluding hydrogens is 369 g/mol. The Hall–Kier alpha value is -2.86. The van der Waals surface area contributed by atoms with E-state index in [0.29, 0.717) is 10.7 Å². The van der Waals surface area contributed by atoms with E-state index in [9.17, 15) is 14.0 Å². The molecule has 2 fully saturated rings. The summed E-state index contributed by atoms with van der Waals surface area (Å²) < 4.78 is 14.5. The van der Waals surface area contributed by atoms with E-state index in [2.05, 4.69) is 10.2 Å². The Bertz CT molecular complexity index is 937. The molecule has 2 aromatic rings. The minimum Gasteiger partial charge on any atom is -0.371 e. The van der Waals surface area contributed by atoms with Crippen molar-refractivity contribution < 1.29 is 14.0 Å². The predicted molar refractivity (Wildman–Crippen MR) is 103 cm³/mol. The predicted octanol–water partition coefficient (Wildman–Crippen LogP) is 4.18. The SMILES string of the molecule is O=C1N/C(=C/c2ccc(N3CCCC3)cc2F)C(=O)N1c1ccc(Cl)cc1. The number of benzene rings is 2. The van der Waals surface area contributed by atoms with Crippen LogP contribution in [0.5, 0.6) is 0 Å². The second-order valence-electron chi connectivity index (χ2n) is 6.51. The van der Waals surface area contributed by atoms with Gasteiger partial charge in [-0.25, -0.2) is 14.1 Å². The summed E-state index contributed by atoms with van der Waals surface area (Å²) in [5.74, 6) is -0.968. The van der Waals surface area contributed by atoms with Crippen LogP contribution in [0.3, 0.4) is 0 Å². The van der Waals surface area contributed by atoms with Crippen LogP contribution < -0.4 is 15.1 Å². The largest absolute Gasteiger partial charge is 0.371 e. The molecule has 5 nitrogen and oxygen atoms in total. The molecule has 138 valence electrons. The quantitative estimate of drug-likeness (QED) is 0.637. The number of imide groups is 1. The Labute approximate surface area is 161 Å². The molecule has 27 heavy (non-hydrogen) atoms. The highest BCUT2D eigenvalue weighted by molar-refractivity contribution is 6.31. The number of amides is 3. The zero-order valence-corrected chi connectivity index (χ0v) is 15.2. The maximum Gasteiger partial charge on any atom is 0.333 e. The van der Waals surface area contributed by atoms with Crippen molar-refractivity contribution in [2.75, 3.05) is 22.9 Å². The second kappa shape index (κ2) is 7.04. The van der Waals surface area contributed by atoms with Gasteiger partial charge in [-0.3, -0.25) is 4.79 Å². The van der Waals surface area contributed by atoms with Gasteiger partial charge in [-0.15, -0.1) is 0 Å². The number of nitrogens with one attached hydrogen (secondary N) is 1. The average Bonchev–Trinajstić information content (AvgIpc) is 3.27. The first-order chi connectivity index (χ1) is 13.0. The Morgan fingerprint density at radius 2 is 1.67 bits per heavy atom. The van der Waals surface area contributed by atoms with E-state index in [1.807, 2.05) is 6.07 Å². The maximum atomic E-state index is 14.5. The summed E-state index contributed by atoms with van der Waals surface area (Å²) in [7, 11) is 0. The van der Waals surface area contributed by atoms with Gasteiger partial charge in [-0.05, 0) is 61.4 Å². The van der Waals surface area contributed by atoms with Gasteiger partial charge in [0.2, 0.25) is 0 Å². The molecule has 0 atom stereocenters. The molecule has 4 rings (SSSR count). The molecule has 2 heterocycles. The van der Waals surface area contributed by atoms with Crippen LogP contribution >= 0.6 is 11.6 Å². The third-order valence-electron chi connectivity index (χ3n) is 4.72. The summed E-state index contributed by atoms with van der Waals surface area (Å²) in [6.45, 7) is 1.84. The highest BCUT2D eigenvalue weighted by Crippen LogP contribution is 2.26. The molecular formula is C20H17ClFN3O2. The molecule has 0 radical (unpaired) electrons. The van der Waals surface area contributed by atoms with Gasteiger partial charge in [-0.2, -0.15) is 0 Å². The van der Waals surface area contributed by atoms with E-state index in [1.54, 1.807) is 30.3 Å². The van der Waals surface area contributed by atoms with Crippen LogP contribution in [0.2, 0.25) is 5.02 Å². The highest BCUT2D eigenvalue weighted by atomic mass is 35.5. The van der Waals surface area contributed by atoms with Gasteiger partial charge in [0.1, 0.15) is 11.5 Å². The first kappa shape index (κ1) is 17.5. The maximum absolute atomic E-state index is 14.5. The molecule has 1 N–H and O–H groups in total. The molecule has 2 aliphatic rings. The van der Waals surface area contributed by atoms with E-state index < -0.39 is 17.8 Å². The minimum absolute atomic E-state index is 0.0303. The molecule has 7 heteroatoms. The molecule has 0 aliphatic carbocycles. The van der Waals surface area contributed by atoms with Gasteiger partial charge in [0, 0.05) is 29.4 Å². The van der Waals surface area contributed by atoms with E-state index in [0.717, 1.165) is 36.5 Å². The van der Waals surface area contributed by atoms with Crippen LogP contribution in [0.15, 0.2) is 48.2 Å². The molecule has 0 aromatic heterocycles. The number of carbonyl (C=O) groups excluding carboxylic acids is 2. The number of rotatable bonds is 3. The Morgan fingerprint density at radius 1 is 1.00 bits per heavy atom. The summed E-state index contributed by atoms with van der Waals surface area (Å²) in [5, 5.41) is 3.00. The Kier molecular flexibility index (Phi) is 4.58. The van der Waals surface area contributed by atoms with Gasteiger partial charge in [0.15, 0.2) is 0 Å². The van der Waals surface area contributed by atoms with Crippen LogP contribution in [0.1, 0.15) is 18.4 Å². The molecule has 2 saturated heterocycles. The highest BCUT2D eigenvalue weighted by Gasteiger charge is 2.35. The van der Waals surface area contributed by atoms with Crippen LogP contribution in [0, 0.1) is 5.82 Å². The van der Waals surface area contributed by atoms with Crippen molar-refractivity contribution >= 4 is 41.0 Å². The van der Waals surface area contributed by atoms with Crippen LogP contribution in [0.25, 0.3) is 6.08 Å². The number of urea groups is 1. The molecule has 3 amide bonds. The van der Waals surface area contributed by atoms with E-state index in [-0.39, 0.29) is 11.3 Å². The lowest BCUT2D eigenvalue weighted by Crippen LogP contribution is -2.30. The standard InChI is InChI=1S/C20H17ClFN3O2/c21-14-4-7-15(8-5-14)25-19(26)18(23-20(25)27)11-13-3-6-16(12-17(13)22)24-9-1-2-10-24/h3-8,11-12H,1-2,9-10H2,(H,23,27)/b18-11+. The fourth-order valence-electron chi connectivity index (χ4n) is 3.32. The summed E-state index contributed by atoms with van der Waals surface area (Å²) in [6, 6.07) is 10.7. The van der Waals surface area contributed by atoms with Gasteiger partial charge in [0.05, 0.1) is 5.69 Å². The smallest absolute Gasteiger partial charge is 0.333 e. The summed E-state index contributed by atoms with van der Waals surface area (Å²) in [4.78, 5) is 27.9. The van der Waals surface area contributed by atoms with Gasteiger partial charge >= 0.3 is 6.03 Å². The van der Waals surface area contributed by atoms with Gasteiger partial charge in [-0.1, -0.05) is 11.6 Å². The van der Waals surface area contributed by atoms with Crippen molar-refractivity contribution in [3.05, 3.63) is 64.6 Å². The fraction of sp³-hybridized carbons (Fsp3) is 0.200. The Morgan fingerprint density at radius 3 is 2.33 bits per heavy atom. The molecule has 2 aliphatic heterocycles. The molecule has 0 bridgehead atoms. The number of anilines is 2. The average molecular weight is 386 g/mol. The topological polar surface area (TPSA) is 52.7 Å². The van der Waals surface area contributed by atoms with E-state index >= 15 is 0 Å². The number of halogens is 2. The second-order valence-corrected chi connectivity index (χ2v) is 6.94. The first-order valence-electron chi connectivity index (χ1n) is 8.70. The summed E-state index contributed by atoms with van der Waals surface area (Å²) >= 11 is 5.84. The van der Waals surface area contributed by atoms with E-state index in [1.165, 1.54) is 12.1 Å². The lowest BCUT2D eigenvalue weighted by molar-refractivity contribution is -0.113. The zero-order chi connectivity index (χ0) is 19.0.